The average molecular weight is 348 g/mol. The summed E-state index contributed by atoms with van der Waals surface area (Å²) in [6.07, 6.45) is 0. The van der Waals surface area contributed by atoms with Crippen molar-refractivity contribution < 1.29 is 19.1 Å². The molecule has 1 unspecified atom stereocenters. The molecule has 0 heterocycles. The third-order valence-electron chi connectivity index (χ3n) is 2.62. The first-order valence-electron chi connectivity index (χ1n) is 6.96. The first-order chi connectivity index (χ1) is 11.1. The van der Waals surface area contributed by atoms with Crippen LogP contribution in [-0.2, 0) is 0 Å². The Morgan fingerprint density at radius 2 is 1.35 bits per heavy atom. The van der Waals surface area contributed by atoms with E-state index in [-0.39, 0.29) is 15.9 Å². The van der Waals surface area contributed by atoms with Crippen molar-refractivity contribution in [1.29, 1.82) is 0 Å². The van der Waals surface area contributed by atoms with Crippen LogP contribution in [0.25, 0.3) is 0 Å². The van der Waals surface area contributed by atoms with Crippen molar-refractivity contribution in [3.05, 3.63) is 60.7 Å². The zero-order valence-electron chi connectivity index (χ0n) is 12.5. The second-order valence-corrected chi connectivity index (χ2v) is 6.90. The molecule has 0 spiro atoms. The van der Waals surface area contributed by atoms with E-state index >= 15 is 0 Å². The molecule has 120 valence electrons. The lowest BCUT2D eigenvalue weighted by atomic mass is 10.3. The molecule has 0 amide bonds. The van der Waals surface area contributed by atoms with Gasteiger partial charge in [0.1, 0.15) is 11.5 Å². The fraction of sp³-hybridized carbons (Fsp3) is 0.176. The minimum Gasteiger partial charge on any atom is -0.418 e. The van der Waals surface area contributed by atoms with E-state index in [0.29, 0.717) is 17.3 Å². The van der Waals surface area contributed by atoms with Crippen molar-refractivity contribution in [2.75, 3.05) is 5.75 Å². The Balaban J connectivity index is 1.69. The van der Waals surface area contributed by atoms with Crippen LogP contribution in [0.4, 0.5) is 9.59 Å². The zero-order valence-corrected chi connectivity index (χ0v) is 14.1. The summed E-state index contributed by atoms with van der Waals surface area (Å²) in [4.78, 5) is 23.5. The Kier molecular flexibility index (Phi) is 7.03. The molecule has 0 saturated heterocycles. The molecule has 2 aromatic carbocycles. The van der Waals surface area contributed by atoms with E-state index in [4.69, 9.17) is 9.47 Å². The standard InChI is InChI=1S/C17H16O4S2/c1-13(23-17(19)21-15-10-6-3-7-11-15)12-22-16(18)20-14-8-4-2-5-9-14/h2-11,13H,12H2,1H3. The van der Waals surface area contributed by atoms with Crippen LogP contribution in [0.3, 0.4) is 0 Å². The average Bonchev–Trinajstić information content (AvgIpc) is 2.55. The monoisotopic (exact) mass is 348 g/mol. The van der Waals surface area contributed by atoms with Gasteiger partial charge < -0.3 is 9.47 Å². The number of rotatable bonds is 5. The summed E-state index contributed by atoms with van der Waals surface area (Å²) < 4.78 is 10.4. The molecular formula is C17H16O4S2. The number of thioether (sulfide) groups is 2. The second-order valence-electron chi connectivity index (χ2n) is 4.57. The summed E-state index contributed by atoms with van der Waals surface area (Å²) in [5, 5.41) is -0.847. The van der Waals surface area contributed by atoms with Crippen molar-refractivity contribution in [2.45, 2.75) is 12.2 Å². The second kappa shape index (κ2) is 9.27. The number of ether oxygens (including phenoxy) is 2. The van der Waals surface area contributed by atoms with Crippen LogP contribution in [0.1, 0.15) is 6.92 Å². The summed E-state index contributed by atoms with van der Waals surface area (Å²) in [5.41, 5.74) is 0. The molecule has 6 heteroatoms. The van der Waals surface area contributed by atoms with E-state index in [2.05, 4.69) is 0 Å². The van der Waals surface area contributed by atoms with Gasteiger partial charge in [0.15, 0.2) is 0 Å². The zero-order chi connectivity index (χ0) is 16.5. The first kappa shape index (κ1) is 17.4. The van der Waals surface area contributed by atoms with Crippen molar-refractivity contribution in [3.63, 3.8) is 0 Å². The van der Waals surface area contributed by atoms with Crippen LogP contribution in [0, 0.1) is 0 Å². The smallest absolute Gasteiger partial charge is 0.373 e. The molecule has 0 N–H and O–H groups in total. The summed E-state index contributed by atoms with van der Waals surface area (Å²) in [6.45, 7) is 1.86. The maximum absolute atomic E-state index is 11.8. The highest BCUT2D eigenvalue weighted by Crippen LogP contribution is 2.22. The largest absolute Gasteiger partial charge is 0.418 e. The lowest BCUT2D eigenvalue weighted by Crippen LogP contribution is -2.11. The lowest BCUT2D eigenvalue weighted by Gasteiger charge is -2.09. The third-order valence-corrected chi connectivity index (χ3v) is 4.66. The Hall–Kier alpha value is -1.92. The molecule has 0 saturated carbocycles. The number of carbonyl (C=O) groups is 2. The molecule has 0 fully saturated rings. The Bertz CT molecular complexity index is 632. The normalized spacial score (nSPS) is 11.5. The maximum Gasteiger partial charge on any atom is 0.373 e. The first-order valence-corrected chi connectivity index (χ1v) is 8.83. The van der Waals surface area contributed by atoms with Gasteiger partial charge in [0.05, 0.1) is 0 Å². The van der Waals surface area contributed by atoms with Gasteiger partial charge in [-0.1, -0.05) is 43.3 Å². The van der Waals surface area contributed by atoms with Gasteiger partial charge in [-0.05, 0) is 47.8 Å². The molecule has 23 heavy (non-hydrogen) atoms. The fourth-order valence-corrected chi connectivity index (χ4v) is 3.08. The highest BCUT2D eigenvalue weighted by atomic mass is 32.2. The topological polar surface area (TPSA) is 52.6 Å². The van der Waals surface area contributed by atoms with E-state index < -0.39 is 0 Å². The predicted molar refractivity (Wildman–Crippen MR) is 94.4 cm³/mol. The van der Waals surface area contributed by atoms with Gasteiger partial charge in [-0.15, -0.1) is 0 Å². The molecular weight excluding hydrogens is 332 g/mol. The van der Waals surface area contributed by atoms with Crippen LogP contribution in [-0.4, -0.2) is 21.6 Å². The molecule has 0 aromatic heterocycles. The van der Waals surface area contributed by atoms with Gasteiger partial charge in [0.25, 0.3) is 0 Å². The number of para-hydroxylation sites is 2. The van der Waals surface area contributed by atoms with Crippen molar-refractivity contribution >= 4 is 34.1 Å². The van der Waals surface area contributed by atoms with Crippen LogP contribution in [0.5, 0.6) is 11.5 Å². The quantitative estimate of drug-likeness (QED) is 0.689. The molecule has 2 aromatic rings. The van der Waals surface area contributed by atoms with Crippen LogP contribution >= 0.6 is 23.5 Å². The Morgan fingerprint density at radius 1 is 0.870 bits per heavy atom. The van der Waals surface area contributed by atoms with Crippen LogP contribution < -0.4 is 9.47 Å². The molecule has 2 rings (SSSR count). The van der Waals surface area contributed by atoms with Gasteiger partial charge in [-0.2, -0.15) is 0 Å². The van der Waals surface area contributed by atoms with Crippen LogP contribution in [0.15, 0.2) is 60.7 Å². The number of benzene rings is 2. The minimum absolute atomic E-state index is 0.0699. The molecule has 0 radical (unpaired) electrons. The van der Waals surface area contributed by atoms with Gasteiger partial charge in [-0.25, -0.2) is 9.59 Å². The van der Waals surface area contributed by atoms with E-state index in [1.807, 2.05) is 19.1 Å². The molecule has 0 aliphatic heterocycles. The van der Waals surface area contributed by atoms with Gasteiger partial charge in [0, 0.05) is 11.0 Å². The summed E-state index contributed by atoms with van der Waals surface area (Å²) >= 11 is 2.09. The SMILES string of the molecule is CC(CSC(=O)Oc1ccccc1)SC(=O)Oc1ccccc1. The Labute approximate surface area is 143 Å². The lowest BCUT2D eigenvalue weighted by molar-refractivity contribution is 0.226. The van der Waals surface area contributed by atoms with E-state index in [0.717, 1.165) is 23.5 Å². The fourth-order valence-electron chi connectivity index (χ4n) is 1.61. The van der Waals surface area contributed by atoms with Crippen molar-refractivity contribution in [2.24, 2.45) is 0 Å². The number of hydrogen-bond acceptors (Lipinski definition) is 6. The maximum atomic E-state index is 11.8. The van der Waals surface area contributed by atoms with E-state index in [1.54, 1.807) is 48.5 Å². The van der Waals surface area contributed by atoms with Crippen molar-refractivity contribution in [3.8, 4) is 11.5 Å². The number of hydrogen-bond donors (Lipinski definition) is 0. The molecule has 0 bridgehead atoms. The van der Waals surface area contributed by atoms with Gasteiger partial charge in [-0.3, -0.25) is 0 Å². The van der Waals surface area contributed by atoms with Crippen LogP contribution in [0.2, 0.25) is 0 Å². The highest BCUT2D eigenvalue weighted by Gasteiger charge is 2.15. The molecule has 1 atom stereocenters. The van der Waals surface area contributed by atoms with E-state index in [9.17, 15) is 9.59 Å². The third kappa shape index (κ3) is 6.80. The minimum atomic E-state index is -0.389. The molecule has 4 nitrogen and oxygen atoms in total. The Morgan fingerprint density at radius 3 is 1.87 bits per heavy atom. The molecule has 0 aliphatic carbocycles. The van der Waals surface area contributed by atoms with Gasteiger partial charge in [0.2, 0.25) is 0 Å². The van der Waals surface area contributed by atoms with Gasteiger partial charge >= 0.3 is 10.6 Å². The van der Waals surface area contributed by atoms with Crippen molar-refractivity contribution in [1.82, 2.24) is 0 Å². The summed E-state index contributed by atoms with van der Waals surface area (Å²) in [6, 6.07) is 17.8. The number of carbonyl (C=O) groups excluding carboxylic acids is 2. The predicted octanol–water partition coefficient (Wildman–Crippen LogP) is 5.24. The molecule has 0 aliphatic rings. The summed E-state index contributed by atoms with van der Waals surface area (Å²) in [7, 11) is 0. The summed E-state index contributed by atoms with van der Waals surface area (Å²) in [5.74, 6) is 1.47. The highest BCUT2D eigenvalue weighted by molar-refractivity contribution is 8.16. The van der Waals surface area contributed by atoms with E-state index in [1.165, 1.54) is 0 Å².